The topological polar surface area (TPSA) is 38.7 Å². The largest absolute Gasteiger partial charge is 0.497 e. The van der Waals surface area contributed by atoms with Crippen LogP contribution in [0.15, 0.2) is 18.2 Å². The van der Waals surface area contributed by atoms with Gasteiger partial charge in [-0.2, -0.15) is 0 Å². The molecule has 1 atom stereocenters. The lowest BCUT2D eigenvalue weighted by Crippen LogP contribution is -2.06. The Morgan fingerprint density at radius 2 is 1.37 bits per heavy atom. The first-order valence-electron chi connectivity index (χ1n) is 6.66. The van der Waals surface area contributed by atoms with Gasteiger partial charge in [-0.1, -0.05) is 27.7 Å². The number of methoxy groups -OCH3 is 2. The molecular formula is C16H24O3. The van der Waals surface area contributed by atoms with Crippen LogP contribution >= 0.6 is 0 Å². The number of aliphatic hydroxyl groups excluding tert-OH is 1. The van der Waals surface area contributed by atoms with E-state index < -0.39 is 6.10 Å². The lowest BCUT2D eigenvalue weighted by atomic mass is 9.99. The fourth-order valence-corrected chi connectivity index (χ4v) is 3.23. The summed E-state index contributed by atoms with van der Waals surface area (Å²) in [4.78, 5) is 0. The summed E-state index contributed by atoms with van der Waals surface area (Å²) in [6, 6.07) is 5.59. The van der Waals surface area contributed by atoms with Crippen LogP contribution in [0, 0.1) is 16.7 Å². The minimum atomic E-state index is -0.492. The van der Waals surface area contributed by atoms with Crippen molar-refractivity contribution < 1.29 is 14.6 Å². The molecule has 1 saturated carbocycles. The molecule has 0 radical (unpaired) electrons. The van der Waals surface area contributed by atoms with Crippen molar-refractivity contribution in [2.75, 3.05) is 14.2 Å². The van der Waals surface area contributed by atoms with E-state index in [0.717, 1.165) is 5.56 Å². The van der Waals surface area contributed by atoms with Crippen LogP contribution in [0.1, 0.15) is 39.4 Å². The minimum absolute atomic E-state index is 0.142. The summed E-state index contributed by atoms with van der Waals surface area (Å²) < 4.78 is 10.5. The second-order valence-electron chi connectivity index (χ2n) is 6.51. The zero-order valence-corrected chi connectivity index (χ0v) is 12.7. The third kappa shape index (κ3) is 2.10. The van der Waals surface area contributed by atoms with Crippen LogP contribution in [0.25, 0.3) is 0 Å². The van der Waals surface area contributed by atoms with Gasteiger partial charge < -0.3 is 14.6 Å². The maximum atomic E-state index is 10.7. The summed E-state index contributed by atoms with van der Waals surface area (Å²) in [5.74, 6) is 1.67. The molecule has 1 unspecified atom stereocenters. The minimum Gasteiger partial charge on any atom is -0.497 e. The van der Waals surface area contributed by atoms with E-state index in [1.165, 1.54) is 0 Å². The van der Waals surface area contributed by atoms with Gasteiger partial charge in [0.05, 0.1) is 20.3 Å². The number of benzene rings is 1. The highest BCUT2D eigenvalue weighted by Gasteiger charge is 2.67. The molecular weight excluding hydrogens is 240 g/mol. The molecule has 0 bridgehead atoms. The first kappa shape index (κ1) is 14.2. The Morgan fingerprint density at radius 3 is 1.68 bits per heavy atom. The van der Waals surface area contributed by atoms with Gasteiger partial charge in [0, 0.05) is 12.0 Å². The molecule has 0 aromatic heterocycles. The maximum Gasteiger partial charge on any atom is 0.122 e. The highest BCUT2D eigenvalue weighted by molar-refractivity contribution is 5.40. The van der Waals surface area contributed by atoms with Gasteiger partial charge in [-0.15, -0.1) is 0 Å². The molecule has 0 saturated heterocycles. The van der Waals surface area contributed by atoms with Gasteiger partial charge in [0.1, 0.15) is 11.5 Å². The molecule has 1 aromatic rings. The van der Waals surface area contributed by atoms with E-state index in [0.29, 0.717) is 11.5 Å². The Hall–Kier alpha value is -1.22. The zero-order valence-electron chi connectivity index (χ0n) is 12.7. The summed E-state index contributed by atoms with van der Waals surface area (Å²) in [5, 5.41) is 10.7. The number of hydrogen-bond donors (Lipinski definition) is 1. The van der Waals surface area contributed by atoms with Crippen LogP contribution in [0.3, 0.4) is 0 Å². The average Bonchev–Trinajstić information content (AvgIpc) is 2.78. The van der Waals surface area contributed by atoms with Crippen molar-refractivity contribution in [3.63, 3.8) is 0 Å². The lowest BCUT2D eigenvalue weighted by Gasteiger charge is -2.15. The maximum absolute atomic E-state index is 10.7. The number of hydrogen-bond acceptors (Lipinski definition) is 3. The molecule has 1 fully saturated rings. The molecule has 1 aliphatic carbocycles. The first-order valence-corrected chi connectivity index (χ1v) is 6.66. The SMILES string of the molecule is COc1cc(OC)cc(C(O)C2C(C)(C)C2(C)C)c1. The third-order valence-electron chi connectivity index (χ3n) is 5.16. The fourth-order valence-electron chi connectivity index (χ4n) is 3.23. The van der Waals surface area contributed by atoms with Crippen LogP contribution in [0.4, 0.5) is 0 Å². The Balaban J connectivity index is 2.32. The van der Waals surface area contributed by atoms with E-state index >= 15 is 0 Å². The Kier molecular flexibility index (Phi) is 3.29. The Morgan fingerprint density at radius 1 is 0.947 bits per heavy atom. The van der Waals surface area contributed by atoms with Gasteiger partial charge in [-0.05, 0) is 28.5 Å². The smallest absolute Gasteiger partial charge is 0.122 e. The quantitative estimate of drug-likeness (QED) is 0.905. The second kappa shape index (κ2) is 4.41. The van der Waals surface area contributed by atoms with Crippen LogP contribution in [0.5, 0.6) is 11.5 Å². The summed E-state index contributed by atoms with van der Waals surface area (Å²) in [6.07, 6.45) is -0.492. The van der Waals surface area contributed by atoms with Gasteiger partial charge >= 0.3 is 0 Å². The van der Waals surface area contributed by atoms with Gasteiger partial charge in [-0.3, -0.25) is 0 Å². The highest BCUT2D eigenvalue weighted by Crippen LogP contribution is 2.72. The van der Waals surface area contributed by atoms with Gasteiger partial charge in [-0.25, -0.2) is 0 Å². The predicted molar refractivity (Wildman–Crippen MR) is 75.6 cm³/mol. The summed E-state index contributed by atoms with van der Waals surface area (Å²) in [6.45, 7) is 8.83. The van der Waals surface area contributed by atoms with Crippen molar-refractivity contribution in [2.45, 2.75) is 33.8 Å². The van der Waals surface area contributed by atoms with Crippen molar-refractivity contribution in [3.05, 3.63) is 23.8 Å². The van der Waals surface area contributed by atoms with Crippen LogP contribution in [0.2, 0.25) is 0 Å². The molecule has 0 spiro atoms. The molecule has 0 heterocycles. The standard InChI is InChI=1S/C16H24O3/c1-15(2)14(16(15,3)4)13(17)10-7-11(18-5)9-12(8-10)19-6/h7-9,13-14,17H,1-6H3. The monoisotopic (exact) mass is 264 g/mol. The number of rotatable bonds is 4. The van der Waals surface area contributed by atoms with Crippen LogP contribution in [-0.4, -0.2) is 19.3 Å². The molecule has 0 aliphatic heterocycles. The molecule has 3 heteroatoms. The third-order valence-corrected chi connectivity index (χ3v) is 5.16. The second-order valence-corrected chi connectivity index (χ2v) is 6.51. The van der Waals surface area contributed by atoms with Crippen molar-refractivity contribution in [1.82, 2.24) is 0 Å². The molecule has 3 nitrogen and oxygen atoms in total. The lowest BCUT2D eigenvalue weighted by molar-refractivity contribution is 0.130. The van der Waals surface area contributed by atoms with E-state index in [4.69, 9.17) is 9.47 Å². The summed E-state index contributed by atoms with van der Waals surface area (Å²) >= 11 is 0. The van der Waals surface area contributed by atoms with Gasteiger partial charge in [0.15, 0.2) is 0 Å². The molecule has 0 amide bonds. The average molecular weight is 264 g/mol. The van der Waals surface area contributed by atoms with E-state index in [1.807, 2.05) is 18.2 Å². The van der Waals surface area contributed by atoms with Crippen LogP contribution in [-0.2, 0) is 0 Å². The van der Waals surface area contributed by atoms with E-state index in [9.17, 15) is 5.11 Å². The molecule has 1 aromatic carbocycles. The number of ether oxygens (including phenoxy) is 2. The van der Waals surface area contributed by atoms with Crippen molar-refractivity contribution in [3.8, 4) is 11.5 Å². The summed E-state index contributed by atoms with van der Waals surface area (Å²) in [7, 11) is 3.24. The summed E-state index contributed by atoms with van der Waals surface area (Å²) in [5.41, 5.74) is 1.14. The van der Waals surface area contributed by atoms with Crippen molar-refractivity contribution >= 4 is 0 Å². The zero-order chi connectivity index (χ0) is 14.4. The molecule has 2 rings (SSSR count). The normalized spacial score (nSPS) is 21.8. The van der Waals surface area contributed by atoms with E-state index in [-0.39, 0.29) is 16.7 Å². The Bertz CT molecular complexity index is 441. The van der Waals surface area contributed by atoms with Crippen molar-refractivity contribution in [1.29, 1.82) is 0 Å². The Labute approximate surface area is 115 Å². The molecule has 1 aliphatic rings. The van der Waals surface area contributed by atoms with E-state index in [2.05, 4.69) is 27.7 Å². The molecule has 1 N–H and O–H groups in total. The predicted octanol–water partition coefficient (Wildman–Crippen LogP) is 3.42. The first-order chi connectivity index (χ1) is 8.75. The molecule has 19 heavy (non-hydrogen) atoms. The van der Waals surface area contributed by atoms with Crippen molar-refractivity contribution in [2.24, 2.45) is 16.7 Å². The fraction of sp³-hybridized carbons (Fsp3) is 0.625. The number of aliphatic hydroxyl groups is 1. The van der Waals surface area contributed by atoms with E-state index in [1.54, 1.807) is 14.2 Å². The highest BCUT2D eigenvalue weighted by atomic mass is 16.5. The van der Waals surface area contributed by atoms with Crippen LogP contribution < -0.4 is 9.47 Å². The van der Waals surface area contributed by atoms with Gasteiger partial charge in [0.25, 0.3) is 0 Å². The molecule has 106 valence electrons. The van der Waals surface area contributed by atoms with Gasteiger partial charge in [0.2, 0.25) is 0 Å².